The third-order valence-electron chi connectivity index (χ3n) is 7.83. The third-order valence-corrected chi connectivity index (χ3v) is 7.83. The first-order valence-corrected chi connectivity index (χ1v) is 11.6. The number of rotatable bonds is 4. The van der Waals surface area contributed by atoms with Gasteiger partial charge in [-0.3, -0.25) is 4.79 Å². The molecule has 3 aliphatic rings. The van der Waals surface area contributed by atoms with Gasteiger partial charge in [0.2, 0.25) is 0 Å². The maximum absolute atomic E-state index is 14.2. The van der Waals surface area contributed by atoms with Gasteiger partial charge < -0.3 is 14.8 Å². The summed E-state index contributed by atoms with van der Waals surface area (Å²) in [4.78, 5) is 25.0. The van der Waals surface area contributed by atoms with Gasteiger partial charge in [0.25, 0.3) is 11.5 Å². The average molecular weight is 452 g/mol. The minimum Gasteiger partial charge on any atom is -0.365 e. The van der Waals surface area contributed by atoms with Crippen LogP contribution in [0.25, 0.3) is 10.9 Å². The molecule has 2 bridgehead atoms. The standard InChI is InChI=1S/C25H27F2N5O/c1-15-21-19(13-32(23(15)33)24-8-10-31(14-24)11-9-24)22(30-16(2)29-21)28-12-17-4-3-5-20-18(17)6-7-25(20,26)27/h3-5,13H,6-12,14H2,1-2H3,(H,28,29,30). The fraction of sp³-hybridized carbons (Fsp3) is 0.480. The molecule has 0 amide bonds. The molecule has 6 nitrogen and oxygen atoms in total. The average Bonchev–Trinajstić information content (AvgIpc) is 3.49. The summed E-state index contributed by atoms with van der Waals surface area (Å²) in [6.45, 7) is 6.97. The molecule has 2 aliphatic heterocycles. The molecule has 2 aromatic heterocycles. The predicted octanol–water partition coefficient (Wildman–Crippen LogP) is 3.86. The van der Waals surface area contributed by atoms with E-state index in [1.54, 1.807) is 13.0 Å². The molecule has 0 saturated carbocycles. The molecule has 2 fully saturated rings. The van der Waals surface area contributed by atoms with Gasteiger partial charge >= 0.3 is 0 Å². The maximum Gasteiger partial charge on any atom is 0.273 e. The van der Waals surface area contributed by atoms with Crippen molar-refractivity contribution in [3.8, 4) is 0 Å². The summed E-state index contributed by atoms with van der Waals surface area (Å²) in [7, 11) is 0. The van der Waals surface area contributed by atoms with Crippen LogP contribution in [0.4, 0.5) is 14.6 Å². The first-order chi connectivity index (χ1) is 15.8. The van der Waals surface area contributed by atoms with Crippen molar-refractivity contribution >= 4 is 16.7 Å². The predicted molar refractivity (Wildman–Crippen MR) is 123 cm³/mol. The Kier molecular flexibility index (Phi) is 4.43. The highest BCUT2D eigenvalue weighted by atomic mass is 19.3. The van der Waals surface area contributed by atoms with Crippen LogP contribution in [0.3, 0.4) is 0 Å². The normalized spacial score (nSPS) is 25.0. The van der Waals surface area contributed by atoms with Crippen LogP contribution in [0.5, 0.6) is 0 Å². The van der Waals surface area contributed by atoms with Crippen LogP contribution < -0.4 is 10.9 Å². The molecule has 1 aliphatic carbocycles. The second-order valence-corrected chi connectivity index (χ2v) is 9.81. The van der Waals surface area contributed by atoms with E-state index in [1.807, 2.05) is 23.8 Å². The first kappa shape index (κ1) is 20.7. The number of aromatic nitrogens is 3. The van der Waals surface area contributed by atoms with E-state index in [2.05, 4.69) is 20.2 Å². The Labute approximate surface area is 190 Å². The lowest BCUT2D eigenvalue weighted by molar-refractivity contribution is -0.00184. The Morgan fingerprint density at radius 3 is 2.64 bits per heavy atom. The zero-order chi connectivity index (χ0) is 23.0. The number of piperidine rings is 1. The quantitative estimate of drug-likeness (QED) is 0.653. The molecule has 4 heterocycles. The Balaban J connectivity index is 1.42. The van der Waals surface area contributed by atoms with Crippen LogP contribution in [0, 0.1) is 13.8 Å². The lowest BCUT2D eigenvalue weighted by Gasteiger charge is -2.29. The topological polar surface area (TPSA) is 63.1 Å². The summed E-state index contributed by atoms with van der Waals surface area (Å²) in [6.07, 6.45) is 4.10. The van der Waals surface area contributed by atoms with Crippen molar-refractivity contribution < 1.29 is 8.78 Å². The van der Waals surface area contributed by atoms with Crippen molar-refractivity contribution in [2.24, 2.45) is 0 Å². The zero-order valence-corrected chi connectivity index (χ0v) is 18.9. The van der Waals surface area contributed by atoms with Gasteiger partial charge in [0, 0.05) is 49.9 Å². The van der Waals surface area contributed by atoms with E-state index in [4.69, 9.17) is 0 Å². The minimum atomic E-state index is -2.76. The van der Waals surface area contributed by atoms with Gasteiger partial charge in [-0.1, -0.05) is 18.2 Å². The highest BCUT2D eigenvalue weighted by Gasteiger charge is 2.46. The van der Waals surface area contributed by atoms with Gasteiger partial charge in [0.05, 0.1) is 16.4 Å². The second-order valence-electron chi connectivity index (χ2n) is 9.81. The van der Waals surface area contributed by atoms with Crippen LogP contribution >= 0.6 is 0 Å². The first-order valence-electron chi connectivity index (χ1n) is 11.6. The summed E-state index contributed by atoms with van der Waals surface area (Å²) in [5, 5.41) is 4.19. The molecule has 0 spiro atoms. The van der Waals surface area contributed by atoms with Crippen molar-refractivity contribution in [2.75, 3.05) is 25.0 Å². The van der Waals surface area contributed by atoms with Crippen molar-refractivity contribution in [1.29, 1.82) is 0 Å². The van der Waals surface area contributed by atoms with Gasteiger partial charge in [-0.05, 0) is 44.2 Å². The van der Waals surface area contributed by atoms with Crippen LogP contribution in [0.15, 0.2) is 29.2 Å². The van der Waals surface area contributed by atoms with Gasteiger partial charge in [-0.2, -0.15) is 0 Å². The monoisotopic (exact) mass is 451 g/mol. The zero-order valence-electron chi connectivity index (χ0n) is 18.9. The number of hydrogen-bond acceptors (Lipinski definition) is 5. The van der Waals surface area contributed by atoms with E-state index < -0.39 is 5.92 Å². The summed E-state index contributed by atoms with van der Waals surface area (Å²) in [5.41, 5.74) is 2.86. The Hall–Kier alpha value is -2.87. The SMILES string of the molecule is Cc1nc(NCc2cccc3c2CCC3(F)F)c2cn(C34CCN(CC3)C4)c(=O)c(C)c2n1. The lowest BCUT2D eigenvalue weighted by atomic mass is 9.94. The minimum absolute atomic E-state index is 0.0124. The van der Waals surface area contributed by atoms with Gasteiger partial charge in [0.15, 0.2) is 0 Å². The highest BCUT2D eigenvalue weighted by molar-refractivity contribution is 5.90. The summed E-state index contributed by atoms with van der Waals surface area (Å²) >= 11 is 0. The Bertz CT molecular complexity index is 1340. The van der Waals surface area contributed by atoms with Crippen LogP contribution in [-0.4, -0.2) is 39.1 Å². The molecule has 2 saturated heterocycles. The molecular weight excluding hydrogens is 424 g/mol. The van der Waals surface area contributed by atoms with E-state index in [0.29, 0.717) is 35.7 Å². The number of alkyl halides is 2. The number of halogens is 2. The molecule has 6 rings (SSSR count). The number of anilines is 1. The molecule has 1 aromatic carbocycles. The van der Waals surface area contributed by atoms with E-state index in [1.165, 1.54) is 6.07 Å². The van der Waals surface area contributed by atoms with Crippen molar-refractivity contribution in [2.45, 2.75) is 57.5 Å². The van der Waals surface area contributed by atoms with E-state index in [-0.39, 0.29) is 23.1 Å². The summed E-state index contributed by atoms with van der Waals surface area (Å²) in [6, 6.07) is 5.13. The molecular formula is C25H27F2N5O. The summed E-state index contributed by atoms with van der Waals surface area (Å²) < 4.78 is 30.3. The van der Waals surface area contributed by atoms with Gasteiger partial charge in [0.1, 0.15) is 11.6 Å². The van der Waals surface area contributed by atoms with Crippen molar-refractivity contribution in [3.05, 3.63) is 62.8 Å². The Morgan fingerprint density at radius 2 is 1.91 bits per heavy atom. The molecule has 8 heteroatoms. The highest BCUT2D eigenvalue weighted by Crippen LogP contribution is 2.43. The maximum atomic E-state index is 14.2. The number of fused-ring (bicyclic) bond motifs is 4. The molecule has 0 radical (unpaired) electrons. The van der Waals surface area contributed by atoms with E-state index in [9.17, 15) is 13.6 Å². The van der Waals surface area contributed by atoms with E-state index >= 15 is 0 Å². The fourth-order valence-electron chi connectivity index (χ4n) is 6.00. The molecule has 33 heavy (non-hydrogen) atoms. The van der Waals surface area contributed by atoms with Gasteiger partial charge in [-0.25, -0.2) is 18.7 Å². The molecule has 172 valence electrons. The van der Waals surface area contributed by atoms with Gasteiger partial charge in [-0.15, -0.1) is 0 Å². The molecule has 0 atom stereocenters. The number of nitrogens with zero attached hydrogens (tertiary/aromatic N) is 4. The van der Waals surface area contributed by atoms with E-state index in [0.717, 1.165) is 49.0 Å². The number of nitrogens with one attached hydrogen (secondary N) is 1. The van der Waals surface area contributed by atoms with Crippen molar-refractivity contribution in [1.82, 2.24) is 19.4 Å². The lowest BCUT2D eigenvalue weighted by Crippen LogP contribution is -2.41. The van der Waals surface area contributed by atoms with Crippen molar-refractivity contribution in [3.63, 3.8) is 0 Å². The molecule has 0 unspecified atom stereocenters. The van der Waals surface area contributed by atoms with Crippen LogP contribution in [0.2, 0.25) is 0 Å². The fourth-order valence-corrected chi connectivity index (χ4v) is 6.00. The number of hydrogen-bond donors (Lipinski definition) is 1. The summed E-state index contributed by atoms with van der Waals surface area (Å²) in [5.74, 6) is -1.55. The second kappa shape index (κ2) is 7.06. The third kappa shape index (κ3) is 3.10. The number of aryl methyl sites for hydroxylation is 2. The number of benzene rings is 1. The number of pyridine rings is 1. The smallest absolute Gasteiger partial charge is 0.273 e. The molecule has 1 N–H and O–H groups in total. The largest absolute Gasteiger partial charge is 0.365 e. The Morgan fingerprint density at radius 1 is 1.12 bits per heavy atom. The van der Waals surface area contributed by atoms with Crippen LogP contribution in [-0.2, 0) is 24.4 Å². The van der Waals surface area contributed by atoms with Crippen LogP contribution in [0.1, 0.15) is 47.3 Å². The molecule has 3 aromatic rings.